The number of β-amino-alcohol motifs (C(OH)–C–C–N with tert-alkyl or cyclic N) is 1. The van der Waals surface area contributed by atoms with E-state index in [1.165, 1.54) is 11.1 Å². The topological polar surface area (TPSA) is 52.5 Å². The second-order valence-corrected chi connectivity index (χ2v) is 7.75. The summed E-state index contributed by atoms with van der Waals surface area (Å²) >= 11 is 6.04. The van der Waals surface area contributed by atoms with E-state index in [2.05, 4.69) is 28.9 Å². The highest BCUT2D eigenvalue weighted by Crippen LogP contribution is 2.26. The molecule has 1 aromatic carbocycles. The van der Waals surface area contributed by atoms with Gasteiger partial charge >= 0.3 is 0 Å². The van der Waals surface area contributed by atoms with E-state index in [9.17, 15) is 5.11 Å². The Morgan fingerprint density at radius 3 is 2.37 bits per heavy atom. The van der Waals surface area contributed by atoms with E-state index in [0.29, 0.717) is 0 Å². The highest BCUT2D eigenvalue weighted by Gasteiger charge is 2.23. The number of benzene rings is 1. The van der Waals surface area contributed by atoms with E-state index in [1.807, 2.05) is 26.0 Å². The number of halogens is 1. The minimum Gasteiger partial charge on any atom is -0.392 e. The maximum absolute atomic E-state index is 9.63. The molecule has 2 aromatic rings. The Morgan fingerprint density at radius 1 is 1.11 bits per heavy atom. The Hall–Kier alpha value is -1.69. The first kappa shape index (κ1) is 20.1. The Morgan fingerprint density at radius 2 is 1.78 bits per heavy atom. The molecule has 0 bridgehead atoms. The van der Waals surface area contributed by atoms with Crippen LogP contribution in [0.1, 0.15) is 36.5 Å². The molecule has 6 heteroatoms. The first-order chi connectivity index (χ1) is 13.0. The summed E-state index contributed by atoms with van der Waals surface area (Å²) in [7, 11) is 0. The lowest BCUT2D eigenvalue weighted by atomic mass is 10.0. The third-order valence-corrected chi connectivity index (χ3v) is 5.26. The second-order valence-electron chi connectivity index (χ2n) is 7.31. The number of aliphatic hydroxyl groups is 1. The highest BCUT2D eigenvalue weighted by atomic mass is 35.5. The van der Waals surface area contributed by atoms with Crippen molar-refractivity contribution >= 4 is 17.4 Å². The fourth-order valence-electron chi connectivity index (χ4n) is 3.69. The molecular formula is C21H29ClN4O. The number of hydrogen-bond acceptors (Lipinski definition) is 5. The Balaban J connectivity index is 1.85. The molecule has 1 saturated heterocycles. The number of aryl methyl sites for hydroxylation is 2. The molecular weight excluding hydrogens is 360 g/mol. The van der Waals surface area contributed by atoms with Gasteiger partial charge in [-0.05, 0) is 38.0 Å². The molecule has 1 aliphatic heterocycles. The molecule has 1 aromatic heterocycles. The van der Waals surface area contributed by atoms with E-state index in [-0.39, 0.29) is 6.10 Å². The summed E-state index contributed by atoms with van der Waals surface area (Å²) in [5.74, 6) is 1.89. The summed E-state index contributed by atoms with van der Waals surface area (Å²) < 4.78 is 0. The fourth-order valence-corrected chi connectivity index (χ4v) is 3.82. The highest BCUT2D eigenvalue weighted by molar-refractivity contribution is 6.30. The summed E-state index contributed by atoms with van der Waals surface area (Å²) in [5.41, 5.74) is 3.56. The fraction of sp³-hybridized carbons (Fsp3) is 0.524. The van der Waals surface area contributed by atoms with Gasteiger partial charge in [0.1, 0.15) is 11.6 Å². The molecule has 0 amide bonds. The molecule has 0 saturated carbocycles. The number of nitrogens with zero attached hydrogens (tertiary/aromatic N) is 4. The van der Waals surface area contributed by atoms with Gasteiger partial charge in [-0.15, -0.1) is 0 Å². The molecule has 1 atom stereocenters. The molecule has 0 aliphatic carbocycles. The summed E-state index contributed by atoms with van der Waals surface area (Å²) in [6.07, 6.45) is 1.41. The lowest BCUT2D eigenvalue weighted by molar-refractivity contribution is 0.122. The maximum atomic E-state index is 9.63. The van der Waals surface area contributed by atoms with Gasteiger partial charge in [-0.2, -0.15) is 0 Å². The largest absolute Gasteiger partial charge is 0.392 e. The van der Waals surface area contributed by atoms with Crippen LogP contribution in [0.3, 0.4) is 0 Å². The Labute approximate surface area is 167 Å². The quantitative estimate of drug-likeness (QED) is 0.824. The van der Waals surface area contributed by atoms with Gasteiger partial charge in [0.2, 0.25) is 0 Å². The van der Waals surface area contributed by atoms with Gasteiger partial charge in [-0.1, -0.05) is 30.7 Å². The number of hydrogen-bond donors (Lipinski definition) is 1. The van der Waals surface area contributed by atoms with Crippen LogP contribution in [0.5, 0.6) is 0 Å². The van der Waals surface area contributed by atoms with Gasteiger partial charge in [0, 0.05) is 55.4 Å². The zero-order chi connectivity index (χ0) is 19.4. The number of rotatable bonds is 6. The van der Waals surface area contributed by atoms with Gasteiger partial charge < -0.3 is 10.0 Å². The standard InChI is InChI=1S/C21H29ClN4O/c1-4-20-19(13-17-5-7-18(22)8-6-17)21(24-16(3)23-20)26-11-9-25(10-12-26)14-15(2)27/h5-8,15,27H,4,9-14H2,1-3H3/t15-/m1/s1. The van der Waals surface area contributed by atoms with Gasteiger partial charge in [0.15, 0.2) is 0 Å². The Kier molecular flexibility index (Phi) is 6.68. The number of aliphatic hydroxyl groups excluding tert-OH is 1. The normalized spacial score (nSPS) is 16.6. The smallest absolute Gasteiger partial charge is 0.136 e. The number of anilines is 1. The van der Waals surface area contributed by atoms with E-state index < -0.39 is 0 Å². The van der Waals surface area contributed by atoms with Crippen molar-refractivity contribution in [2.24, 2.45) is 0 Å². The molecule has 1 N–H and O–H groups in total. The zero-order valence-corrected chi connectivity index (χ0v) is 17.2. The van der Waals surface area contributed by atoms with Crippen LogP contribution in [0.2, 0.25) is 5.02 Å². The van der Waals surface area contributed by atoms with Gasteiger partial charge in [-0.3, -0.25) is 4.90 Å². The van der Waals surface area contributed by atoms with Gasteiger partial charge in [0.05, 0.1) is 6.10 Å². The van der Waals surface area contributed by atoms with E-state index >= 15 is 0 Å². The van der Waals surface area contributed by atoms with Crippen molar-refractivity contribution < 1.29 is 5.11 Å². The third kappa shape index (κ3) is 5.18. The minimum atomic E-state index is -0.287. The molecule has 5 nitrogen and oxygen atoms in total. The van der Waals surface area contributed by atoms with Crippen molar-refractivity contribution in [3.05, 3.63) is 51.9 Å². The van der Waals surface area contributed by atoms with Crippen molar-refractivity contribution in [2.75, 3.05) is 37.6 Å². The van der Waals surface area contributed by atoms with Crippen LogP contribution in [-0.4, -0.2) is 58.8 Å². The van der Waals surface area contributed by atoms with Crippen molar-refractivity contribution in [2.45, 2.75) is 39.7 Å². The minimum absolute atomic E-state index is 0.287. The molecule has 0 unspecified atom stereocenters. The molecule has 1 aliphatic rings. The van der Waals surface area contributed by atoms with Crippen LogP contribution in [-0.2, 0) is 12.8 Å². The Bertz CT molecular complexity index is 756. The van der Waals surface area contributed by atoms with E-state index in [1.54, 1.807) is 0 Å². The van der Waals surface area contributed by atoms with Gasteiger partial charge in [0.25, 0.3) is 0 Å². The average molecular weight is 389 g/mol. The predicted molar refractivity (Wildman–Crippen MR) is 111 cm³/mol. The van der Waals surface area contributed by atoms with Crippen LogP contribution >= 0.6 is 11.6 Å². The monoisotopic (exact) mass is 388 g/mol. The van der Waals surface area contributed by atoms with Crippen molar-refractivity contribution in [1.82, 2.24) is 14.9 Å². The zero-order valence-electron chi connectivity index (χ0n) is 16.5. The maximum Gasteiger partial charge on any atom is 0.136 e. The van der Waals surface area contributed by atoms with Crippen LogP contribution in [0.4, 0.5) is 5.82 Å². The second kappa shape index (κ2) is 9.00. The van der Waals surface area contributed by atoms with Crippen molar-refractivity contribution in [3.8, 4) is 0 Å². The lowest BCUT2D eigenvalue weighted by Gasteiger charge is -2.37. The van der Waals surface area contributed by atoms with E-state index in [0.717, 1.165) is 67.9 Å². The van der Waals surface area contributed by atoms with Crippen LogP contribution in [0.25, 0.3) is 0 Å². The molecule has 146 valence electrons. The average Bonchev–Trinajstić information content (AvgIpc) is 2.64. The summed E-state index contributed by atoms with van der Waals surface area (Å²) in [5, 5.41) is 10.4. The van der Waals surface area contributed by atoms with Crippen LogP contribution in [0.15, 0.2) is 24.3 Å². The summed E-state index contributed by atoms with van der Waals surface area (Å²) in [6, 6.07) is 8.02. The van der Waals surface area contributed by atoms with Crippen molar-refractivity contribution in [3.63, 3.8) is 0 Å². The van der Waals surface area contributed by atoms with Crippen LogP contribution < -0.4 is 4.90 Å². The molecule has 0 radical (unpaired) electrons. The van der Waals surface area contributed by atoms with Gasteiger partial charge in [-0.25, -0.2) is 9.97 Å². The molecule has 3 rings (SSSR count). The SMILES string of the molecule is CCc1nc(C)nc(N2CCN(C[C@@H](C)O)CC2)c1Cc1ccc(Cl)cc1. The summed E-state index contributed by atoms with van der Waals surface area (Å²) in [6.45, 7) is 10.4. The van der Waals surface area contributed by atoms with Crippen LogP contribution in [0, 0.1) is 6.92 Å². The molecule has 2 heterocycles. The number of aromatic nitrogens is 2. The van der Waals surface area contributed by atoms with Crippen molar-refractivity contribution in [1.29, 1.82) is 0 Å². The first-order valence-electron chi connectivity index (χ1n) is 9.72. The first-order valence-corrected chi connectivity index (χ1v) is 10.1. The van der Waals surface area contributed by atoms with E-state index in [4.69, 9.17) is 21.6 Å². The lowest BCUT2D eigenvalue weighted by Crippen LogP contribution is -2.49. The molecule has 0 spiro atoms. The third-order valence-electron chi connectivity index (χ3n) is 5.01. The number of piperazine rings is 1. The molecule has 27 heavy (non-hydrogen) atoms. The molecule has 1 fully saturated rings. The predicted octanol–water partition coefficient (Wildman–Crippen LogP) is 3.09. The summed E-state index contributed by atoms with van der Waals surface area (Å²) in [4.78, 5) is 14.2.